The Morgan fingerprint density at radius 3 is 2.73 bits per heavy atom. The lowest BCUT2D eigenvalue weighted by molar-refractivity contribution is 0.0944. The first-order valence-electron chi connectivity index (χ1n) is 7.84. The Bertz CT molecular complexity index is 863. The van der Waals surface area contributed by atoms with Crippen LogP contribution in [0, 0.1) is 5.82 Å². The minimum atomic E-state index is -0.331. The maximum Gasteiger partial charge on any atom is 0.252 e. The average molecular weight is 357 g/mol. The molecule has 0 unspecified atom stereocenters. The predicted molar refractivity (Wildman–Crippen MR) is 89.9 cm³/mol. The number of pyridine rings is 1. The van der Waals surface area contributed by atoms with Gasteiger partial charge in [0.2, 0.25) is 5.88 Å². The Labute approximate surface area is 148 Å². The molecule has 3 aromatic rings. The van der Waals surface area contributed by atoms with E-state index in [0.29, 0.717) is 28.3 Å². The first-order chi connectivity index (χ1) is 12.7. The molecular formula is C18H16FN3O4. The third-order valence-corrected chi connectivity index (χ3v) is 3.53. The van der Waals surface area contributed by atoms with E-state index >= 15 is 0 Å². The fraction of sp³-hybridized carbons (Fsp3) is 0.167. The molecule has 0 aliphatic carbocycles. The monoisotopic (exact) mass is 357 g/mol. The maximum atomic E-state index is 13.0. The van der Waals surface area contributed by atoms with E-state index in [4.69, 9.17) is 14.4 Å². The SMILES string of the molecule is O=C(NCCO)c1ccc(OCc2conc2-c2ccc(F)cc2)nc1. The summed E-state index contributed by atoms with van der Waals surface area (Å²) in [6.07, 6.45) is 2.84. The number of hydrogen-bond acceptors (Lipinski definition) is 6. The highest BCUT2D eigenvalue weighted by Crippen LogP contribution is 2.23. The molecule has 0 aliphatic heterocycles. The van der Waals surface area contributed by atoms with Crippen LogP contribution in [-0.4, -0.2) is 34.3 Å². The Morgan fingerprint density at radius 2 is 2.04 bits per heavy atom. The van der Waals surface area contributed by atoms with Gasteiger partial charge in [0.1, 0.15) is 24.4 Å². The summed E-state index contributed by atoms with van der Waals surface area (Å²) in [4.78, 5) is 15.8. The summed E-state index contributed by atoms with van der Waals surface area (Å²) in [5.74, 6) is -0.326. The van der Waals surface area contributed by atoms with Crippen LogP contribution < -0.4 is 10.1 Å². The van der Waals surface area contributed by atoms with Crippen LogP contribution in [0.1, 0.15) is 15.9 Å². The van der Waals surface area contributed by atoms with Crippen molar-refractivity contribution < 1.29 is 23.6 Å². The summed E-state index contributed by atoms with van der Waals surface area (Å²) < 4.78 is 23.6. The molecule has 0 spiro atoms. The number of aliphatic hydroxyl groups excluding tert-OH is 1. The first kappa shape index (κ1) is 17.6. The highest BCUT2D eigenvalue weighted by molar-refractivity contribution is 5.93. The van der Waals surface area contributed by atoms with Crippen LogP contribution in [0.5, 0.6) is 5.88 Å². The van der Waals surface area contributed by atoms with Gasteiger partial charge < -0.3 is 19.7 Å². The van der Waals surface area contributed by atoms with Crippen molar-refractivity contribution in [3.8, 4) is 17.1 Å². The minimum Gasteiger partial charge on any atom is -0.473 e. The lowest BCUT2D eigenvalue weighted by Gasteiger charge is -2.06. The molecule has 0 bridgehead atoms. The molecule has 0 fully saturated rings. The third-order valence-electron chi connectivity index (χ3n) is 3.53. The smallest absolute Gasteiger partial charge is 0.252 e. The molecule has 134 valence electrons. The van der Waals surface area contributed by atoms with E-state index in [9.17, 15) is 9.18 Å². The van der Waals surface area contributed by atoms with Crippen molar-refractivity contribution in [3.63, 3.8) is 0 Å². The molecule has 2 N–H and O–H groups in total. The zero-order chi connectivity index (χ0) is 18.4. The van der Waals surface area contributed by atoms with Crippen LogP contribution >= 0.6 is 0 Å². The standard InChI is InChI=1S/C18H16FN3O4/c19-15-4-1-12(2-5-15)17-14(11-26-22-17)10-25-16-6-3-13(9-21-16)18(24)20-7-8-23/h1-6,9,11,23H,7-8,10H2,(H,20,24). The van der Waals surface area contributed by atoms with Crippen molar-refractivity contribution in [1.29, 1.82) is 0 Å². The Balaban J connectivity index is 1.64. The number of aromatic nitrogens is 2. The van der Waals surface area contributed by atoms with Gasteiger partial charge in [-0.25, -0.2) is 9.37 Å². The fourth-order valence-corrected chi connectivity index (χ4v) is 2.23. The molecule has 7 nitrogen and oxygen atoms in total. The molecule has 1 amide bonds. The lowest BCUT2D eigenvalue weighted by atomic mass is 10.1. The number of aliphatic hydroxyl groups is 1. The van der Waals surface area contributed by atoms with Gasteiger partial charge in [-0.2, -0.15) is 0 Å². The van der Waals surface area contributed by atoms with E-state index in [2.05, 4.69) is 15.5 Å². The quantitative estimate of drug-likeness (QED) is 0.673. The van der Waals surface area contributed by atoms with Crippen molar-refractivity contribution in [1.82, 2.24) is 15.5 Å². The van der Waals surface area contributed by atoms with Crippen LogP contribution in [0.15, 0.2) is 53.4 Å². The third kappa shape index (κ3) is 4.22. The number of nitrogens with one attached hydrogen (secondary N) is 1. The fourth-order valence-electron chi connectivity index (χ4n) is 2.23. The van der Waals surface area contributed by atoms with Crippen LogP contribution in [-0.2, 0) is 6.61 Å². The average Bonchev–Trinajstić information content (AvgIpc) is 3.14. The summed E-state index contributed by atoms with van der Waals surface area (Å²) in [5, 5.41) is 15.2. The topological polar surface area (TPSA) is 97.5 Å². The van der Waals surface area contributed by atoms with E-state index in [0.717, 1.165) is 0 Å². The van der Waals surface area contributed by atoms with E-state index in [1.165, 1.54) is 24.6 Å². The number of nitrogens with zero attached hydrogens (tertiary/aromatic N) is 2. The summed E-state index contributed by atoms with van der Waals surface area (Å²) in [7, 11) is 0. The summed E-state index contributed by atoms with van der Waals surface area (Å²) in [6.45, 7) is 0.200. The van der Waals surface area contributed by atoms with Gasteiger partial charge >= 0.3 is 0 Å². The molecule has 0 atom stereocenters. The van der Waals surface area contributed by atoms with E-state index in [1.54, 1.807) is 24.3 Å². The number of amides is 1. The van der Waals surface area contributed by atoms with Crippen molar-refractivity contribution in [2.75, 3.05) is 13.2 Å². The minimum absolute atomic E-state index is 0.129. The van der Waals surface area contributed by atoms with E-state index in [1.807, 2.05) is 0 Å². The van der Waals surface area contributed by atoms with Gasteiger partial charge in [-0.3, -0.25) is 4.79 Å². The number of ether oxygens (including phenoxy) is 1. The van der Waals surface area contributed by atoms with Crippen LogP contribution in [0.4, 0.5) is 4.39 Å². The molecular weight excluding hydrogens is 341 g/mol. The maximum absolute atomic E-state index is 13.0. The number of carbonyl (C=O) groups excluding carboxylic acids is 1. The second-order valence-electron chi connectivity index (χ2n) is 5.35. The van der Waals surface area contributed by atoms with Gasteiger partial charge in [0, 0.05) is 24.4 Å². The second-order valence-corrected chi connectivity index (χ2v) is 5.35. The molecule has 26 heavy (non-hydrogen) atoms. The summed E-state index contributed by atoms with van der Waals surface area (Å²) in [6, 6.07) is 9.04. The number of hydrogen-bond donors (Lipinski definition) is 2. The molecule has 2 aromatic heterocycles. The Kier molecular flexibility index (Phi) is 5.55. The normalized spacial score (nSPS) is 10.5. The van der Waals surface area contributed by atoms with Crippen LogP contribution in [0.2, 0.25) is 0 Å². The molecule has 2 heterocycles. The number of carbonyl (C=O) groups is 1. The first-order valence-corrected chi connectivity index (χ1v) is 7.84. The van der Waals surface area contributed by atoms with Crippen molar-refractivity contribution >= 4 is 5.91 Å². The van der Waals surface area contributed by atoms with Gasteiger partial charge in [0.05, 0.1) is 17.7 Å². The van der Waals surface area contributed by atoms with Crippen LogP contribution in [0.3, 0.4) is 0 Å². The molecule has 3 rings (SSSR count). The predicted octanol–water partition coefficient (Wildman–Crippen LogP) is 2.18. The van der Waals surface area contributed by atoms with Gasteiger partial charge in [-0.05, 0) is 30.3 Å². The van der Waals surface area contributed by atoms with E-state index in [-0.39, 0.29) is 31.5 Å². The highest BCUT2D eigenvalue weighted by Gasteiger charge is 2.12. The molecule has 1 aromatic carbocycles. The lowest BCUT2D eigenvalue weighted by Crippen LogP contribution is -2.26. The number of benzene rings is 1. The summed E-state index contributed by atoms with van der Waals surface area (Å²) >= 11 is 0. The highest BCUT2D eigenvalue weighted by atomic mass is 19.1. The van der Waals surface area contributed by atoms with Gasteiger partial charge in [-0.1, -0.05) is 5.16 Å². The van der Waals surface area contributed by atoms with Gasteiger partial charge in [0.25, 0.3) is 5.91 Å². The van der Waals surface area contributed by atoms with Gasteiger partial charge in [0.15, 0.2) is 0 Å². The Morgan fingerprint density at radius 1 is 1.23 bits per heavy atom. The molecule has 0 radical (unpaired) electrons. The zero-order valence-electron chi connectivity index (χ0n) is 13.7. The molecule has 0 saturated heterocycles. The number of rotatable bonds is 7. The van der Waals surface area contributed by atoms with Crippen molar-refractivity contribution in [2.45, 2.75) is 6.61 Å². The Hall–Kier alpha value is -3.26. The zero-order valence-corrected chi connectivity index (χ0v) is 13.7. The van der Waals surface area contributed by atoms with Gasteiger partial charge in [-0.15, -0.1) is 0 Å². The van der Waals surface area contributed by atoms with Crippen LogP contribution in [0.25, 0.3) is 11.3 Å². The number of halogens is 1. The molecule has 8 heteroatoms. The van der Waals surface area contributed by atoms with Crippen molar-refractivity contribution in [2.24, 2.45) is 0 Å². The molecule has 0 saturated carbocycles. The van der Waals surface area contributed by atoms with E-state index < -0.39 is 0 Å². The largest absolute Gasteiger partial charge is 0.473 e. The summed E-state index contributed by atoms with van der Waals surface area (Å²) in [5.41, 5.74) is 2.32. The second kappa shape index (κ2) is 8.21. The molecule has 0 aliphatic rings. The van der Waals surface area contributed by atoms with Crippen molar-refractivity contribution in [3.05, 3.63) is 65.8 Å².